The molecule has 0 radical (unpaired) electrons. The van der Waals surface area contributed by atoms with Crippen LogP contribution in [-0.2, 0) is 12.8 Å². The summed E-state index contributed by atoms with van der Waals surface area (Å²) in [5.74, 6) is 1.58. The number of aromatic carboxylic acids is 1. The maximum atomic E-state index is 11.8. The van der Waals surface area contributed by atoms with Crippen molar-refractivity contribution >= 4 is 14.2 Å². The van der Waals surface area contributed by atoms with E-state index in [1.165, 1.54) is 184 Å². The van der Waals surface area contributed by atoms with E-state index in [0.717, 1.165) is 24.6 Å². The van der Waals surface area contributed by atoms with Crippen molar-refractivity contribution in [3.63, 3.8) is 0 Å². The molecule has 0 amide bonds. The number of carboxylic acid groups (broad SMARTS) is 1. The summed E-state index contributed by atoms with van der Waals surface area (Å²) in [6, 6.07) is 0. The average Bonchev–Trinajstić information content (AvgIpc) is 3.36. The quantitative estimate of drug-likeness (QED) is 0.0893. The van der Waals surface area contributed by atoms with E-state index in [2.05, 4.69) is 19.6 Å². The molecule has 3 heteroatoms. The van der Waals surface area contributed by atoms with E-state index in [9.17, 15) is 9.90 Å². The number of rotatable bonds is 31. The highest BCUT2D eigenvalue weighted by Gasteiger charge is 2.15. The van der Waals surface area contributed by atoms with E-state index in [1.54, 1.807) is 0 Å². The summed E-state index contributed by atoms with van der Waals surface area (Å²) in [6.45, 7) is 4.58. The molecule has 1 aromatic heterocycles. The molecule has 1 unspecified atom stereocenters. The Morgan fingerprint density at radius 1 is 0.500 bits per heavy atom. The van der Waals surface area contributed by atoms with Crippen molar-refractivity contribution in [1.29, 1.82) is 0 Å². The lowest BCUT2D eigenvalue weighted by molar-refractivity contribution is 0.0701. The SMILES string of the molecule is CCCCCCCCCCCCCCCCc1c[pH]c(C(=O)O)c1CCCCCCCCCCCCCCCC. The Bertz CT molecular complexity index is 680. The van der Waals surface area contributed by atoms with Crippen LogP contribution in [-0.4, -0.2) is 11.1 Å². The third-order valence-corrected chi connectivity index (χ3v) is 10.2. The highest BCUT2D eigenvalue weighted by atomic mass is 31.0. The van der Waals surface area contributed by atoms with E-state index >= 15 is 0 Å². The molecule has 0 aromatic carbocycles. The Balaban J connectivity index is 2.05. The summed E-state index contributed by atoms with van der Waals surface area (Å²) in [7, 11) is 0.381. The third kappa shape index (κ3) is 21.0. The number of hydrogen-bond donors (Lipinski definition) is 1. The maximum absolute atomic E-state index is 11.8. The number of unbranched alkanes of at least 4 members (excludes halogenated alkanes) is 26. The van der Waals surface area contributed by atoms with Crippen molar-refractivity contribution in [2.24, 2.45) is 0 Å². The molecule has 2 nitrogen and oxygen atoms in total. The minimum absolute atomic E-state index is 0.381. The predicted octanol–water partition coefficient (Wildman–Crippen LogP) is 13.5. The molecule has 0 saturated carbocycles. The number of hydrogen-bond acceptors (Lipinski definition) is 1. The first-order valence-electron chi connectivity index (χ1n) is 18.1. The van der Waals surface area contributed by atoms with Crippen LogP contribution in [0.2, 0.25) is 0 Å². The molecule has 0 aliphatic rings. The first kappa shape index (κ1) is 37.3. The second-order valence-electron chi connectivity index (χ2n) is 12.7. The fourth-order valence-electron chi connectivity index (χ4n) is 6.20. The fraction of sp³-hybridized carbons (Fsp3) is 0.865. The molecule has 1 rings (SSSR count). The first-order valence-corrected chi connectivity index (χ1v) is 19.2. The molecule has 1 N–H and O–H groups in total. The lowest BCUT2D eigenvalue weighted by Crippen LogP contribution is -2.01. The van der Waals surface area contributed by atoms with Crippen LogP contribution in [0.4, 0.5) is 0 Å². The highest BCUT2D eigenvalue weighted by Crippen LogP contribution is 2.30. The van der Waals surface area contributed by atoms with E-state index in [4.69, 9.17) is 0 Å². The molecule has 0 saturated heterocycles. The predicted molar refractivity (Wildman–Crippen MR) is 181 cm³/mol. The van der Waals surface area contributed by atoms with Gasteiger partial charge in [-0.2, -0.15) is 0 Å². The number of carbonyl (C=O) groups is 1. The molecule has 0 fully saturated rings. The monoisotopic (exact) mass is 577 g/mol. The van der Waals surface area contributed by atoms with Crippen LogP contribution in [0, 0.1) is 0 Å². The average molecular weight is 577 g/mol. The van der Waals surface area contributed by atoms with E-state index in [1.807, 2.05) is 0 Å². The van der Waals surface area contributed by atoms with Crippen molar-refractivity contribution in [2.75, 3.05) is 0 Å². The zero-order chi connectivity index (χ0) is 28.9. The van der Waals surface area contributed by atoms with Gasteiger partial charge in [0.2, 0.25) is 0 Å². The van der Waals surface area contributed by atoms with Crippen molar-refractivity contribution in [3.8, 4) is 0 Å². The second-order valence-corrected chi connectivity index (χ2v) is 13.7. The lowest BCUT2D eigenvalue weighted by Gasteiger charge is -2.08. The van der Waals surface area contributed by atoms with Gasteiger partial charge in [-0.15, -0.1) is 8.19 Å². The molecule has 1 heterocycles. The van der Waals surface area contributed by atoms with Gasteiger partial charge in [0.1, 0.15) is 0 Å². The number of carboxylic acids is 1. The van der Waals surface area contributed by atoms with Crippen LogP contribution in [0.1, 0.15) is 215 Å². The fourth-order valence-corrected chi connectivity index (χ4v) is 7.42. The lowest BCUT2D eigenvalue weighted by atomic mass is 9.98. The molecule has 1 atom stereocenters. The molecule has 0 aliphatic heterocycles. The smallest absolute Gasteiger partial charge is 0.339 e. The number of aryl methyl sites for hydroxylation is 1. The van der Waals surface area contributed by atoms with Crippen LogP contribution in [0.15, 0.2) is 5.80 Å². The Morgan fingerprint density at radius 3 is 1.12 bits per heavy atom. The summed E-state index contributed by atoms with van der Waals surface area (Å²) in [5, 5.41) is 10.4. The van der Waals surface area contributed by atoms with Gasteiger partial charge < -0.3 is 5.11 Å². The topological polar surface area (TPSA) is 37.3 Å². The molecule has 234 valence electrons. The zero-order valence-corrected chi connectivity index (χ0v) is 28.1. The Labute approximate surface area is 252 Å². The highest BCUT2D eigenvalue weighted by molar-refractivity contribution is 7.32. The van der Waals surface area contributed by atoms with Gasteiger partial charge >= 0.3 is 5.97 Å². The molecule has 0 spiro atoms. The normalized spacial score (nSPS) is 11.7. The van der Waals surface area contributed by atoms with Crippen molar-refractivity contribution in [2.45, 2.75) is 206 Å². The van der Waals surface area contributed by atoms with Crippen LogP contribution < -0.4 is 0 Å². The van der Waals surface area contributed by atoms with E-state index in [-0.39, 0.29) is 0 Å². The van der Waals surface area contributed by atoms with Gasteiger partial charge in [-0.25, -0.2) is 4.79 Å². The van der Waals surface area contributed by atoms with E-state index in [0.29, 0.717) is 8.19 Å². The Morgan fingerprint density at radius 2 is 0.800 bits per heavy atom. The van der Waals surface area contributed by atoms with Crippen LogP contribution >= 0.6 is 8.19 Å². The third-order valence-electron chi connectivity index (χ3n) is 8.87. The second kappa shape index (κ2) is 28.4. The summed E-state index contributed by atoms with van der Waals surface area (Å²) in [6.07, 6.45) is 40.7. The molecule has 1 aromatic rings. The minimum atomic E-state index is -0.675. The van der Waals surface area contributed by atoms with Crippen LogP contribution in [0.25, 0.3) is 0 Å². The largest absolute Gasteiger partial charge is 0.477 e. The van der Waals surface area contributed by atoms with Gasteiger partial charge in [0.05, 0.1) is 5.30 Å². The first-order chi connectivity index (χ1) is 19.7. The summed E-state index contributed by atoms with van der Waals surface area (Å²) >= 11 is 0. The zero-order valence-electron chi connectivity index (χ0n) is 27.1. The molecule has 0 bridgehead atoms. The maximum Gasteiger partial charge on any atom is 0.339 e. The summed E-state index contributed by atoms with van der Waals surface area (Å²) < 4.78 is 0. The van der Waals surface area contributed by atoms with Gasteiger partial charge in [-0.05, 0) is 42.6 Å². The Hall–Kier alpha value is -0.750. The van der Waals surface area contributed by atoms with Crippen molar-refractivity contribution in [3.05, 3.63) is 22.2 Å². The minimum Gasteiger partial charge on any atom is -0.477 e. The van der Waals surface area contributed by atoms with E-state index < -0.39 is 5.97 Å². The molecule has 40 heavy (non-hydrogen) atoms. The van der Waals surface area contributed by atoms with Crippen LogP contribution in [0.3, 0.4) is 0 Å². The van der Waals surface area contributed by atoms with Gasteiger partial charge in [-0.3, -0.25) is 0 Å². The molecular weight excluding hydrogens is 507 g/mol. The molecular formula is C37H69O2P. The van der Waals surface area contributed by atoms with Gasteiger partial charge in [0.15, 0.2) is 0 Å². The molecule has 0 aliphatic carbocycles. The van der Waals surface area contributed by atoms with Gasteiger partial charge in [0.25, 0.3) is 0 Å². The standard InChI is InChI=1S/C37H69O2P/c1-3-5-7-9-11-13-15-17-19-21-23-25-27-29-31-34-33-40-36(37(38)39)35(34)32-30-28-26-24-22-20-18-16-14-12-10-8-6-4-2/h33,40H,3-32H2,1-2H3,(H,38,39). The van der Waals surface area contributed by atoms with Crippen LogP contribution in [0.5, 0.6) is 0 Å². The van der Waals surface area contributed by atoms with Crippen molar-refractivity contribution < 1.29 is 9.90 Å². The summed E-state index contributed by atoms with van der Waals surface area (Å²) in [4.78, 5) is 11.8. The summed E-state index contributed by atoms with van der Waals surface area (Å²) in [5.41, 5.74) is 2.59. The van der Waals surface area contributed by atoms with Gasteiger partial charge in [0, 0.05) is 0 Å². The van der Waals surface area contributed by atoms with Crippen molar-refractivity contribution in [1.82, 2.24) is 0 Å². The van der Waals surface area contributed by atoms with Gasteiger partial charge in [-0.1, -0.05) is 181 Å². The Kier molecular flexibility index (Phi) is 26.4.